The Morgan fingerprint density at radius 1 is 1.53 bits per heavy atom. The maximum Gasteiger partial charge on any atom is 0.376 e. The minimum atomic E-state index is -0.459. The molecular formula is C12H17NO4. The van der Waals surface area contributed by atoms with Gasteiger partial charge in [-0.3, -0.25) is 0 Å². The number of oxazole rings is 1. The van der Waals surface area contributed by atoms with E-state index in [2.05, 4.69) is 4.98 Å². The zero-order valence-corrected chi connectivity index (χ0v) is 10.2. The number of carbonyl (C=O) groups is 1. The number of carbonyl (C=O) groups excluding carboxylic acids is 1. The van der Waals surface area contributed by atoms with Gasteiger partial charge in [0.1, 0.15) is 6.10 Å². The third-order valence-electron chi connectivity index (χ3n) is 2.73. The monoisotopic (exact) mass is 239 g/mol. The molecule has 0 N–H and O–H groups in total. The van der Waals surface area contributed by atoms with Crippen LogP contribution in [-0.4, -0.2) is 24.2 Å². The van der Waals surface area contributed by atoms with Gasteiger partial charge in [0.15, 0.2) is 0 Å². The molecular weight excluding hydrogens is 222 g/mol. The van der Waals surface area contributed by atoms with Gasteiger partial charge >= 0.3 is 5.97 Å². The number of hydrogen-bond donors (Lipinski definition) is 0. The summed E-state index contributed by atoms with van der Waals surface area (Å²) in [6.07, 6.45) is 2.94. The summed E-state index contributed by atoms with van der Waals surface area (Å²) < 4.78 is 15.9. The van der Waals surface area contributed by atoms with E-state index >= 15 is 0 Å². The molecule has 0 amide bonds. The zero-order chi connectivity index (χ0) is 12.3. The molecule has 17 heavy (non-hydrogen) atoms. The molecule has 0 radical (unpaired) electrons. The molecule has 0 aromatic carbocycles. The summed E-state index contributed by atoms with van der Waals surface area (Å²) in [6.45, 7) is 4.55. The molecule has 0 bridgehead atoms. The molecule has 94 valence electrons. The lowest BCUT2D eigenvalue weighted by Crippen LogP contribution is -2.11. The summed E-state index contributed by atoms with van der Waals surface area (Å²) >= 11 is 0. The maximum absolute atomic E-state index is 11.6. The lowest BCUT2D eigenvalue weighted by Gasteiger charge is -2.19. The van der Waals surface area contributed by atoms with Gasteiger partial charge in [0.2, 0.25) is 11.7 Å². The summed E-state index contributed by atoms with van der Waals surface area (Å²) in [7, 11) is 0. The molecule has 0 spiro atoms. The van der Waals surface area contributed by atoms with Crippen molar-refractivity contribution in [1.82, 2.24) is 4.98 Å². The number of aromatic nitrogens is 1. The van der Waals surface area contributed by atoms with E-state index in [4.69, 9.17) is 13.9 Å². The van der Waals surface area contributed by atoms with Crippen LogP contribution in [0.1, 0.15) is 54.4 Å². The minimum absolute atomic E-state index is 0.120. The van der Waals surface area contributed by atoms with E-state index < -0.39 is 5.97 Å². The lowest BCUT2D eigenvalue weighted by atomic mass is 10.1. The Morgan fingerprint density at radius 2 is 2.35 bits per heavy atom. The average molecular weight is 239 g/mol. The zero-order valence-electron chi connectivity index (χ0n) is 10.2. The standard InChI is InChI=1S/C12H17NO4/c1-3-15-12(14)10-8(2)13-11(17-10)9-6-4-5-7-16-9/h9H,3-7H2,1-2H3. The number of rotatable bonds is 3. The molecule has 5 nitrogen and oxygen atoms in total. The van der Waals surface area contributed by atoms with Crippen LogP contribution in [-0.2, 0) is 9.47 Å². The molecule has 5 heteroatoms. The van der Waals surface area contributed by atoms with Crippen LogP contribution in [0, 0.1) is 6.92 Å². The van der Waals surface area contributed by atoms with Gasteiger partial charge in [-0.2, -0.15) is 0 Å². The Bertz CT molecular complexity index is 393. The highest BCUT2D eigenvalue weighted by Crippen LogP contribution is 2.28. The molecule has 1 saturated heterocycles. The third-order valence-corrected chi connectivity index (χ3v) is 2.73. The average Bonchev–Trinajstić information content (AvgIpc) is 2.73. The largest absolute Gasteiger partial charge is 0.460 e. The van der Waals surface area contributed by atoms with E-state index in [1.807, 2.05) is 0 Å². The maximum atomic E-state index is 11.6. The van der Waals surface area contributed by atoms with Crippen molar-refractivity contribution in [2.45, 2.75) is 39.2 Å². The van der Waals surface area contributed by atoms with Crippen LogP contribution in [0.4, 0.5) is 0 Å². The number of nitrogens with zero attached hydrogens (tertiary/aromatic N) is 1. The fraction of sp³-hybridized carbons (Fsp3) is 0.667. The van der Waals surface area contributed by atoms with Gasteiger partial charge < -0.3 is 13.9 Å². The second-order valence-corrected chi connectivity index (χ2v) is 4.04. The van der Waals surface area contributed by atoms with Crippen LogP contribution < -0.4 is 0 Å². The molecule has 1 atom stereocenters. The highest BCUT2D eigenvalue weighted by molar-refractivity contribution is 5.87. The summed E-state index contributed by atoms with van der Waals surface area (Å²) in [5.41, 5.74) is 0.563. The van der Waals surface area contributed by atoms with Crippen molar-refractivity contribution in [3.05, 3.63) is 17.3 Å². The van der Waals surface area contributed by atoms with Crippen molar-refractivity contribution < 1.29 is 18.7 Å². The predicted molar refractivity (Wildman–Crippen MR) is 59.7 cm³/mol. The number of esters is 1. The van der Waals surface area contributed by atoms with E-state index in [-0.39, 0.29) is 11.9 Å². The Morgan fingerprint density at radius 3 is 3.00 bits per heavy atom. The SMILES string of the molecule is CCOC(=O)c1oc(C2CCCCO2)nc1C. The van der Waals surface area contributed by atoms with Gasteiger partial charge in [-0.15, -0.1) is 0 Å². The van der Waals surface area contributed by atoms with Crippen molar-refractivity contribution in [3.8, 4) is 0 Å². The van der Waals surface area contributed by atoms with Crippen LogP contribution >= 0.6 is 0 Å². The van der Waals surface area contributed by atoms with Gasteiger partial charge in [-0.1, -0.05) is 0 Å². The first-order chi connectivity index (χ1) is 8.22. The summed E-state index contributed by atoms with van der Waals surface area (Å²) in [5, 5.41) is 0. The van der Waals surface area contributed by atoms with Gasteiger partial charge in [0, 0.05) is 6.61 Å². The van der Waals surface area contributed by atoms with E-state index in [1.54, 1.807) is 13.8 Å². The molecule has 1 aliphatic heterocycles. The van der Waals surface area contributed by atoms with E-state index in [9.17, 15) is 4.79 Å². The van der Waals surface area contributed by atoms with E-state index in [0.717, 1.165) is 25.9 Å². The molecule has 1 unspecified atom stereocenters. The van der Waals surface area contributed by atoms with Crippen molar-refractivity contribution in [2.75, 3.05) is 13.2 Å². The van der Waals surface area contributed by atoms with Gasteiger partial charge in [-0.05, 0) is 33.1 Å². The second kappa shape index (κ2) is 5.31. The topological polar surface area (TPSA) is 61.6 Å². The Balaban J connectivity index is 2.14. The number of hydrogen-bond acceptors (Lipinski definition) is 5. The van der Waals surface area contributed by atoms with Crippen LogP contribution in [0.15, 0.2) is 4.42 Å². The van der Waals surface area contributed by atoms with Crippen LogP contribution in [0.3, 0.4) is 0 Å². The van der Waals surface area contributed by atoms with Crippen molar-refractivity contribution >= 4 is 5.97 Å². The lowest BCUT2D eigenvalue weighted by molar-refractivity contribution is -0.00262. The molecule has 0 aliphatic carbocycles. The molecule has 1 aromatic heterocycles. The van der Waals surface area contributed by atoms with Crippen LogP contribution in [0.2, 0.25) is 0 Å². The van der Waals surface area contributed by atoms with Gasteiger partial charge in [-0.25, -0.2) is 9.78 Å². The highest BCUT2D eigenvalue weighted by atomic mass is 16.5. The molecule has 0 saturated carbocycles. The second-order valence-electron chi connectivity index (χ2n) is 4.04. The van der Waals surface area contributed by atoms with E-state index in [1.165, 1.54) is 0 Å². The van der Waals surface area contributed by atoms with Crippen molar-refractivity contribution in [3.63, 3.8) is 0 Å². The Labute approximate surface area is 100 Å². The molecule has 1 aromatic rings. The normalized spacial score (nSPS) is 20.2. The molecule has 1 fully saturated rings. The van der Waals surface area contributed by atoms with E-state index in [0.29, 0.717) is 18.2 Å². The fourth-order valence-corrected chi connectivity index (χ4v) is 1.88. The highest BCUT2D eigenvalue weighted by Gasteiger charge is 2.25. The minimum Gasteiger partial charge on any atom is -0.460 e. The number of aryl methyl sites for hydroxylation is 1. The fourth-order valence-electron chi connectivity index (χ4n) is 1.88. The molecule has 2 rings (SSSR count). The van der Waals surface area contributed by atoms with Gasteiger partial charge in [0.25, 0.3) is 0 Å². The first-order valence-corrected chi connectivity index (χ1v) is 5.98. The van der Waals surface area contributed by atoms with Gasteiger partial charge in [0.05, 0.1) is 12.3 Å². The predicted octanol–water partition coefficient (Wildman–Crippen LogP) is 2.40. The third kappa shape index (κ3) is 2.66. The smallest absolute Gasteiger partial charge is 0.376 e. The first kappa shape index (κ1) is 12.1. The summed E-state index contributed by atoms with van der Waals surface area (Å²) in [5.74, 6) is 0.223. The Hall–Kier alpha value is -1.36. The van der Waals surface area contributed by atoms with Crippen LogP contribution in [0.5, 0.6) is 0 Å². The van der Waals surface area contributed by atoms with Crippen LogP contribution in [0.25, 0.3) is 0 Å². The van der Waals surface area contributed by atoms with Crippen molar-refractivity contribution in [2.24, 2.45) is 0 Å². The first-order valence-electron chi connectivity index (χ1n) is 5.98. The summed E-state index contributed by atoms with van der Waals surface area (Å²) in [6, 6.07) is 0. The molecule has 1 aliphatic rings. The number of ether oxygens (including phenoxy) is 2. The van der Waals surface area contributed by atoms with Crippen molar-refractivity contribution in [1.29, 1.82) is 0 Å². The summed E-state index contributed by atoms with van der Waals surface area (Å²) in [4.78, 5) is 15.8. The molecule has 2 heterocycles. The Kier molecular flexibility index (Phi) is 3.78. The quantitative estimate of drug-likeness (QED) is 0.758.